The van der Waals surface area contributed by atoms with E-state index in [4.69, 9.17) is 16.3 Å². The fourth-order valence-electron chi connectivity index (χ4n) is 1.61. The molecule has 1 aliphatic rings. The largest absolute Gasteiger partial charge is 0.380 e. The molecule has 0 N–H and O–H groups in total. The number of carbonyl (C=O) groups excluding carboxylic acids is 1. The fraction of sp³-hybridized carbons (Fsp3) is 0.727. The summed E-state index contributed by atoms with van der Waals surface area (Å²) in [6, 6.07) is 0. The number of rotatable bonds is 4. The summed E-state index contributed by atoms with van der Waals surface area (Å²) in [7, 11) is 1.69. The van der Waals surface area contributed by atoms with Crippen molar-refractivity contribution in [2.24, 2.45) is 5.92 Å². The van der Waals surface area contributed by atoms with Crippen LogP contribution in [-0.4, -0.2) is 43.5 Å². The van der Waals surface area contributed by atoms with Crippen LogP contribution in [0.1, 0.15) is 13.3 Å². The summed E-state index contributed by atoms with van der Waals surface area (Å²) in [6.07, 6.45) is 2.99. The summed E-state index contributed by atoms with van der Waals surface area (Å²) >= 11 is 5.66. The molecular formula is C11H18ClNO2. The molecule has 1 heterocycles. The number of halogens is 1. The lowest BCUT2D eigenvalue weighted by molar-refractivity contribution is -0.134. The molecule has 1 aliphatic heterocycles. The average molecular weight is 232 g/mol. The van der Waals surface area contributed by atoms with Crippen molar-refractivity contribution in [1.82, 2.24) is 4.90 Å². The van der Waals surface area contributed by atoms with E-state index in [2.05, 4.69) is 6.08 Å². The Balaban J connectivity index is 2.46. The zero-order valence-corrected chi connectivity index (χ0v) is 10.1. The zero-order chi connectivity index (χ0) is 11.3. The maximum atomic E-state index is 11.8. The van der Waals surface area contributed by atoms with E-state index in [0.29, 0.717) is 19.0 Å². The van der Waals surface area contributed by atoms with Gasteiger partial charge in [-0.05, 0) is 12.0 Å². The van der Waals surface area contributed by atoms with Gasteiger partial charge in [-0.2, -0.15) is 0 Å². The van der Waals surface area contributed by atoms with E-state index in [1.165, 1.54) is 5.57 Å². The first-order chi connectivity index (χ1) is 7.19. The van der Waals surface area contributed by atoms with E-state index >= 15 is 0 Å². The lowest BCUT2D eigenvalue weighted by atomic mass is 10.1. The maximum Gasteiger partial charge on any atom is 0.226 e. The highest BCUT2D eigenvalue weighted by molar-refractivity contribution is 6.19. The fourth-order valence-corrected chi connectivity index (χ4v) is 1.74. The van der Waals surface area contributed by atoms with Gasteiger partial charge in [-0.15, -0.1) is 11.6 Å². The van der Waals surface area contributed by atoms with Crippen molar-refractivity contribution in [2.75, 3.05) is 32.7 Å². The van der Waals surface area contributed by atoms with Crippen molar-refractivity contribution in [3.05, 3.63) is 11.6 Å². The lowest BCUT2D eigenvalue weighted by Gasteiger charge is -2.28. The van der Waals surface area contributed by atoms with Gasteiger partial charge in [0.25, 0.3) is 0 Å². The van der Waals surface area contributed by atoms with Crippen LogP contribution in [0.5, 0.6) is 0 Å². The Kier molecular flexibility index (Phi) is 5.12. The van der Waals surface area contributed by atoms with Gasteiger partial charge < -0.3 is 9.64 Å². The average Bonchev–Trinajstić information content (AvgIpc) is 2.28. The summed E-state index contributed by atoms with van der Waals surface area (Å²) in [5.41, 5.74) is 1.28. The number of hydrogen-bond acceptors (Lipinski definition) is 2. The van der Waals surface area contributed by atoms with Gasteiger partial charge >= 0.3 is 0 Å². The van der Waals surface area contributed by atoms with Crippen LogP contribution in [0.15, 0.2) is 11.6 Å². The number of hydrogen-bond donors (Lipinski definition) is 0. The third-order valence-electron chi connectivity index (χ3n) is 2.60. The van der Waals surface area contributed by atoms with Crippen LogP contribution < -0.4 is 0 Å². The monoisotopic (exact) mass is 231 g/mol. The van der Waals surface area contributed by atoms with Gasteiger partial charge in [-0.1, -0.05) is 13.0 Å². The molecule has 0 aliphatic carbocycles. The lowest BCUT2D eigenvalue weighted by Crippen LogP contribution is -2.39. The third kappa shape index (κ3) is 3.50. The Morgan fingerprint density at radius 2 is 2.47 bits per heavy atom. The first-order valence-corrected chi connectivity index (χ1v) is 5.74. The van der Waals surface area contributed by atoms with Crippen LogP contribution in [0.2, 0.25) is 0 Å². The van der Waals surface area contributed by atoms with E-state index in [-0.39, 0.29) is 11.8 Å². The maximum absolute atomic E-state index is 11.8. The highest BCUT2D eigenvalue weighted by Crippen LogP contribution is 2.14. The van der Waals surface area contributed by atoms with Crippen molar-refractivity contribution in [3.8, 4) is 0 Å². The van der Waals surface area contributed by atoms with Crippen LogP contribution in [-0.2, 0) is 9.53 Å². The van der Waals surface area contributed by atoms with Crippen LogP contribution in [0.4, 0.5) is 0 Å². The molecule has 3 nitrogen and oxygen atoms in total. The molecule has 1 atom stereocenters. The topological polar surface area (TPSA) is 29.5 Å². The minimum absolute atomic E-state index is 0.0796. The second kappa shape index (κ2) is 6.13. The number of ether oxygens (including phenoxy) is 1. The van der Waals surface area contributed by atoms with Crippen LogP contribution in [0.3, 0.4) is 0 Å². The molecule has 15 heavy (non-hydrogen) atoms. The van der Waals surface area contributed by atoms with Crippen molar-refractivity contribution >= 4 is 17.5 Å². The Bertz CT molecular complexity index is 253. The number of amides is 1. The van der Waals surface area contributed by atoms with Crippen molar-refractivity contribution in [3.63, 3.8) is 0 Å². The van der Waals surface area contributed by atoms with Gasteiger partial charge in [0.2, 0.25) is 5.91 Å². The van der Waals surface area contributed by atoms with Crippen molar-refractivity contribution in [1.29, 1.82) is 0 Å². The summed E-state index contributed by atoms with van der Waals surface area (Å²) in [5.74, 6) is 0.464. The summed E-state index contributed by atoms with van der Waals surface area (Å²) in [5, 5.41) is 0. The van der Waals surface area contributed by atoms with Gasteiger partial charge in [-0.3, -0.25) is 4.79 Å². The molecule has 0 bridgehead atoms. The van der Waals surface area contributed by atoms with Crippen LogP contribution >= 0.6 is 11.6 Å². The number of carbonyl (C=O) groups is 1. The summed E-state index contributed by atoms with van der Waals surface area (Å²) in [4.78, 5) is 13.6. The Morgan fingerprint density at radius 3 is 2.93 bits per heavy atom. The molecule has 1 rings (SSSR count). The predicted octanol–water partition coefficient (Wildman–Crippen LogP) is 1.67. The predicted molar refractivity (Wildman–Crippen MR) is 61.0 cm³/mol. The molecule has 0 radical (unpaired) electrons. The minimum Gasteiger partial charge on any atom is -0.380 e. The van der Waals surface area contributed by atoms with E-state index in [9.17, 15) is 4.79 Å². The second-order valence-corrected chi connectivity index (χ2v) is 4.19. The molecule has 0 spiro atoms. The smallest absolute Gasteiger partial charge is 0.226 e. The number of methoxy groups -OCH3 is 1. The van der Waals surface area contributed by atoms with Gasteiger partial charge in [0.05, 0.1) is 6.61 Å². The third-order valence-corrected chi connectivity index (χ3v) is 3.06. The molecule has 0 saturated carbocycles. The van der Waals surface area contributed by atoms with E-state index in [1.807, 2.05) is 11.8 Å². The van der Waals surface area contributed by atoms with Gasteiger partial charge in [0.1, 0.15) is 0 Å². The molecule has 0 saturated heterocycles. The highest BCUT2D eigenvalue weighted by atomic mass is 35.5. The molecule has 86 valence electrons. The zero-order valence-electron chi connectivity index (χ0n) is 9.33. The van der Waals surface area contributed by atoms with Gasteiger partial charge in [-0.25, -0.2) is 0 Å². The molecule has 0 aromatic heterocycles. The normalized spacial score (nSPS) is 18.6. The van der Waals surface area contributed by atoms with Gasteiger partial charge in [0.15, 0.2) is 0 Å². The van der Waals surface area contributed by atoms with Gasteiger partial charge in [0, 0.05) is 32.0 Å². The van der Waals surface area contributed by atoms with Crippen molar-refractivity contribution < 1.29 is 9.53 Å². The second-order valence-electron chi connectivity index (χ2n) is 3.88. The Morgan fingerprint density at radius 1 is 1.73 bits per heavy atom. The van der Waals surface area contributed by atoms with Crippen LogP contribution in [0.25, 0.3) is 0 Å². The first-order valence-electron chi connectivity index (χ1n) is 5.20. The van der Waals surface area contributed by atoms with E-state index < -0.39 is 0 Å². The summed E-state index contributed by atoms with van der Waals surface area (Å²) in [6.45, 7) is 4.02. The van der Waals surface area contributed by atoms with E-state index in [1.54, 1.807) is 7.11 Å². The SMILES string of the molecule is COCC1=CCN(C(=O)C(C)CCl)CC1. The Hall–Kier alpha value is -0.540. The number of nitrogens with zero attached hydrogens (tertiary/aromatic N) is 1. The molecular weight excluding hydrogens is 214 g/mol. The summed E-state index contributed by atoms with van der Waals surface area (Å²) < 4.78 is 5.05. The number of alkyl halides is 1. The quantitative estimate of drug-likeness (QED) is 0.544. The van der Waals surface area contributed by atoms with Crippen LogP contribution in [0, 0.1) is 5.92 Å². The first kappa shape index (κ1) is 12.5. The van der Waals surface area contributed by atoms with E-state index in [0.717, 1.165) is 13.0 Å². The molecule has 4 heteroatoms. The Labute approximate surface area is 96.0 Å². The minimum atomic E-state index is -0.0796. The highest BCUT2D eigenvalue weighted by Gasteiger charge is 2.21. The molecule has 0 fully saturated rings. The molecule has 0 aromatic rings. The van der Waals surface area contributed by atoms with Crippen molar-refractivity contribution in [2.45, 2.75) is 13.3 Å². The standard InChI is InChI=1S/C11H18ClNO2/c1-9(7-12)11(14)13-5-3-10(4-6-13)8-15-2/h3,9H,4-8H2,1-2H3. The molecule has 0 aromatic carbocycles. The molecule has 1 unspecified atom stereocenters. The molecule has 1 amide bonds.